The molecule has 7 heterocycles. The Kier molecular flexibility index (Phi) is 8.61. The first-order valence-corrected chi connectivity index (χ1v) is 19.5. The Balaban J connectivity index is 1.02. The zero-order valence-corrected chi connectivity index (χ0v) is 32.1. The molecule has 9 nitrogen and oxygen atoms in total. The summed E-state index contributed by atoms with van der Waals surface area (Å²) in [6.07, 6.45) is 11.6. The molecule has 8 bridgehead atoms. The molecule has 2 aliphatic carbocycles. The lowest BCUT2D eigenvalue weighted by Gasteiger charge is -2.33. The molecule has 4 N–H and O–H groups in total. The number of nitrogen functional groups attached to an aromatic ring is 2. The minimum atomic E-state index is -1.29. The molecule has 0 aromatic heterocycles. The third-order valence-electron chi connectivity index (χ3n) is 11.5. The van der Waals surface area contributed by atoms with Crippen molar-refractivity contribution in [2.45, 2.75) is 23.7 Å². The van der Waals surface area contributed by atoms with Crippen LogP contribution in [0.3, 0.4) is 0 Å². The third kappa shape index (κ3) is 6.24. The summed E-state index contributed by atoms with van der Waals surface area (Å²) in [6.45, 7) is 0. The predicted octanol–water partition coefficient (Wildman–Crippen LogP) is 10.4. The van der Waals surface area contributed by atoms with Gasteiger partial charge in [-0.3, -0.25) is 14.4 Å². The highest BCUT2D eigenvalue weighted by Crippen LogP contribution is 2.52. The molecule has 15 rings (SSSR count). The van der Waals surface area contributed by atoms with Crippen LogP contribution in [0.5, 0.6) is 34.5 Å². The van der Waals surface area contributed by atoms with E-state index in [2.05, 4.69) is 0 Å². The van der Waals surface area contributed by atoms with Crippen LogP contribution in [0.4, 0.5) is 11.4 Å². The molecule has 9 heteroatoms. The largest absolute Gasteiger partial charge is 0.457 e. The summed E-state index contributed by atoms with van der Waals surface area (Å²) in [5.74, 6) is 3.23. The number of ketones is 3. The summed E-state index contributed by atoms with van der Waals surface area (Å²) in [7, 11) is 0. The number of fused-ring (bicyclic) bond motifs is 2. The second kappa shape index (κ2) is 14.2. The van der Waals surface area contributed by atoms with Crippen molar-refractivity contribution in [1.82, 2.24) is 0 Å². The normalized spacial score (nSPS) is 19.3. The SMILES string of the molecule is Nc1cccc(Oc2ccc(C(=O)C34C=CC(=CC3)Oc3ccc(c5c3C3(C(=O)c6ccc(Oc7cccc(N)c7)cc6)C=CC(=CC3)O5)C(=O)c3ccc4cc3)cc2)c1. The van der Waals surface area contributed by atoms with Gasteiger partial charge < -0.3 is 30.4 Å². The van der Waals surface area contributed by atoms with Gasteiger partial charge in [0.1, 0.15) is 46.0 Å². The van der Waals surface area contributed by atoms with Crippen LogP contribution in [-0.4, -0.2) is 17.3 Å². The molecule has 7 aliphatic heterocycles. The number of hydrogen-bond donors (Lipinski definition) is 2. The van der Waals surface area contributed by atoms with E-state index in [1.54, 1.807) is 121 Å². The van der Waals surface area contributed by atoms with Crippen LogP contribution in [0.15, 0.2) is 181 Å². The van der Waals surface area contributed by atoms with Gasteiger partial charge in [-0.25, -0.2) is 0 Å². The second-order valence-corrected chi connectivity index (χ2v) is 15.2. The maximum Gasteiger partial charge on any atom is 0.196 e. The number of ether oxygens (including phenoxy) is 4. The number of carbonyl (C=O) groups is 3. The third-order valence-corrected chi connectivity index (χ3v) is 11.5. The van der Waals surface area contributed by atoms with Crippen LogP contribution in [-0.2, 0) is 10.8 Å². The Morgan fingerprint density at radius 1 is 0.567 bits per heavy atom. The summed E-state index contributed by atoms with van der Waals surface area (Å²) >= 11 is 0. The molecule has 0 fully saturated rings. The van der Waals surface area contributed by atoms with E-state index < -0.39 is 10.8 Å². The average molecular weight is 789 g/mol. The monoisotopic (exact) mass is 788 g/mol. The number of benzene rings is 6. The molecule has 9 aliphatic rings. The molecule has 292 valence electrons. The molecule has 0 saturated carbocycles. The molecule has 2 atom stereocenters. The van der Waals surface area contributed by atoms with Crippen LogP contribution in [0.2, 0.25) is 0 Å². The Bertz CT molecular complexity index is 2890. The fourth-order valence-electron chi connectivity index (χ4n) is 8.34. The lowest BCUT2D eigenvalue weighted by molar-refractivity contribution is 0.0906. The van der Waals surface area contributed by atoms with Crippen molar-refractivity contribution >= 4 is 28.7 Å². The zero-order chi connectivity index (χ0) is 41.0. The van der Waals surface area contributed by atoms with Crippen molar-refractivity contribution < 1.29 is 33.3 Å². The van der Waals surface area contributed by atoms with E-state index in [-0.39, 0.29) is 41.5 Å². The number of hydrogen-bond acceptors (Lipinski definition) is 9. The first kappa shape index (κ1) is 36.4. The fourth-order valence-corrected chi connectivity index (χ4v) is 8.34. The number of allylic oxidation sites excluding steroid dienone is 6. The first-order chi connectivity index (χ1) is 29.2. The van der Waals surface area contributed by atoms with Crippen molar-refractivity contribution in [2.24, 2.45) is 0 Å². The Hall–Kier alpha value is -7.91. The molecule has 0 saturated heterocycles. The lowest BCUT2D eigenvalue weighted by atomic mass is 9.69. The van der Waals surface area contributed by atoms with Crippen LogP contribution in [0.1, 0.15) is 60.6 Å². The van der Waals surface area contributed by atoms with Gasteiger partial charge in [0.2, 0.25) is 0 Å². The second-order valence-electron chi connectivity index (χ2n) is 15.2. The number of anilines is 2. The fraction of sp³-hybridized carbons (Fsp3) is 0.0784. The molecule has 0 spiro atoms. The predicted molar refractivity (Wildman–Crippen MR) is 228 cm³/mol. The van der Waals surface area contributed by atoms with E-state index in [0.29, 0.717) is 73.9 Å². The number of Topliss-reactive ketones (excluding diaryl/α,β-unsaturated/α-hetero) is 2. The Labute approximate surface area is 345 Å². The number of rotatable bonds is 8. The molecule has 2 unspecified atom stereocenters. The lowest BCUT2D eigenvalue weighted by Crippen LogP contribution is -2.36. The molecule has 0 radical (unpaired) electrons. The molecular weight excluding hydrogens is 753 g/mol. The maximum absolute atomic E-state index is 15.0. The van der Waals surface area contributed by atoms with Crippen molar-refractivity contribution in [1.29, 1.82) is 0 Å². The number of nitrogens with two attached hydrogens (primary N) is 2. The average Bonchev–Trinajstić information content (AvgIpc) is 3.55. The van der Waals surface area contributed by atoms with Crippen molar-refractivity contribution in [3.05, 3.63) is 215 Å². The highest BCUT2D eigenvalue weighted by Gasteiger charge is 2.48. The van der Waals surface area contributed by atoms with Crippen LogP contribution in [0, 0.1) is 0 Å². The highest BCUT2D eigenvalue weighted by molar-refractivity contribution is 6.13. The van der Waals surface area contributed by atoms with E-state index in [4.69, 9.17) is 30.4 Å². The molecule has 60 heavy (non-hydrogen) atoms. The van der Waals surface area contributed by atoms with E-state index in [0.717, 1.165) is 5.56 Å². The van der Waals surface area contributed by atoms with Gasteiger partial charge in [-0.2, -0.15) is 0 Å². The van der Waals surface area contributed by atoms with Crippen LogP contribution in [0.25, 0.3) is 0 Å². The molecular formula is C51H36N2O7. The summed E-state index contributed by atoms with van der Waals surface area (Å²) in [5, 5.41) is 0. The van der Waals surface area contributed by atoms with E-state index in [1.807, 2.05) is 48.6 Å². The Morgan fingerprint density at radius 2 is 1.10 bits per heavy atom. The zero-order valence-electron chi connectivity index (χ0n) is 32.1. The highest BCUT2D eigenvalue weighted by atomic mass is 16.5. The van der Waals surface area contributed by atoms with Gasteiger partial charge in [-0.05, 0) is 128 Å². The van der Waals surface area contributed by atoms with Crippen LogP contribution >= 0.6 is 0 Å². The van der Waals surface area contributed by atoms with Gasteiger partial charge in [0.25, 0.3) is 0 Å². The maximum atomic E-state index is 15.0. The minimum absolute atomic E-state index is 0.134. The van der Waals surface area contributed by atoms with Gasteiger partial charge in [0.05, 0.1) is 22.0 Å². The van der Waals surface area contributed by atoms with Crippen molar-refractivity contribution in [3.63, 3.8) is 0 Å². The molecule has 6 aromatic rings. The molecule has 0 amide bonds. The van der Waals surface area contributed by atoms with E-state index in [1.165, 1.54) is 0 Å². The van der Waals surface area contributed by atoms with E-state index >= 15 is 0 Å². The summed E-state index contributed by atoms with van der Waals surface area (Å²) in [6, 6.07) is 38.7. The van der Waals surface area contributed by atoms with E-state index in [9.17, 15) is 14.4 Å². The van der Waals surface area contributed by atoms with Gasteiger partial charge in [-0.1, -0.05) is 48.6 Å². The quantitative estimate of drug-likeness (QED) is 0.114. The van der Waals surface area contributed by atoms with Gasteiger partial charge in [0.15, 0.2) is 17.3 Å². The smallest absolute Gasteiger partial charge is 0.196 e. The van der Waals surface area contributed by atoms with Crippen LogP contribution < -0.4 is 30.4 Å². The topological polar surface area (TPSA) is 140 Å². The van der Waals surface area contributed by atoms with Gasteiger partial charge >= 0.3 is 0 Å². The van der Waals surface area contributed by atoms with Gasteiger partial charge in [-0.15, -0.1) is 0 Å². The standard InChI is InChI=1S/C51H36N2O7/c52-35-3-1-5-41(29-35)57-37-15-9-32(10-16-37)48(55)50-25-21-39(22-26-50)59-44-20-19-43(46(54)31-7-13-34(50)14-8-31)47-45(44)51(27-23-40(60-47)24-28-51)49(56)33-11-17-38(18-12-33)58-42-6-2-4-36(53)30-42/h1-25,27,29-30H,26,28,52-53H2. The van der Waals surface area contributed by atoms with Crippen molar-refractivity contribution in [2.75, 3.05) is 11.5 Å². The first-order valence-electron chi connectivity index (χ1n) is 19.5. The van der Waals surface area contributed by atoms with Gasteiger partial charge in [0, 0.05) is 40.2 Å². The number of carbonyl (C=O) groups excluding carboxylic acids is 3. The Morgan fingerprint density at radius 3 is 1.63 bits per heavy atom. The summed E-state index contributed by atoms with van der Waals surface area (Å²) in [5.41, 5.74) is 13.4. The van der Waals surface area contributed by atoms with Crippen molar-refractivity contribution in [3.8, 4) is 34.5 Å². The summed E-state index contributed by atoms with van der Waals surface area (Å²) in [4.78, 5) is 44.1. The molecule has 6 aromatic carbocycles. The minimum Gasteiger partial charge on any atom is -0.457 e. The summed E-state index contributed by atoms with van der Waals surface area (Å²) < 4.78 is 25.2.